The van der Waals surface area contributed by atoms with Gasteiger partial charge >= 0.3 is 5.97 Å². The molecule has 1 aromatic carbocycles. The number of nitrogens with zero attached hydrogens (tertiary/aromatic N) is 3. The Morgan fingerprint density at radius 2 is 1.89 bits per heavy atom. The summed E-state index contributed by atoms with van der Waals surface area (Å²) in [6, 6.07) is 4.26. The highest BCUT2D eigenvalue weighted by Crippen LogP contribution is 2.41. The number of benzene rings is 1. The normalized spacial score (nSPS) is 18.4. The van der Waals surface area contributed by atoms with Crippen LogP contribution in [0.2, 0.25) is 0 Å². The summed E-state index contributed by atoms with van der Waals surface area (Å²) in [4.78, 5) is 56.1. The fourth-order valence-corrected chi connectivity index (χ4v) is 7.34. The minimum absolute atomic E-state index is 0.0804. The molecule has 1 fully saturated rings. The molecule has 3 aromatic rings. The molecule has 0 aliphatic carbocycles. The number of carboxylic acid groups (broad SMARTS) is 1. The second-order valence-electron chi connectivity index (χ2n) is 10.3. The van der Waals surface area contributed by atoms with Crippen molar-refractivity contribution in [3.05, 3.63) is 64.4 Å². The number of phenols is 2. The predicted octanol–water partition coefficient (Wildman–Crippen LogP) is 0.208. The van der Waals surface area contributed by atoms with Crippen LogP contribution in [0.15, 0.2) is 53.3 Å². The van der Waals surface area contributed by atoms with Crippen LogP contribution in [0.4, 0.5) is 5.13 Å². The van der Waals surface area contributed by atoms with Gasteiger partial charge in [-0.2, -0.15) is 8.42 Å². The molecule has 2 aliphatic heterocycles. The predicted molar refractivity (Wildman–Crippen MR) is 164 cm³/mol. The number of β-lactam (4-membered cyclic amide) rings is 1. The van der Waals surface area contributed by atoms with Crippen molar-refractivity contribution in [3.8, 4) is 22.8 Å². The Labute approximate surface area is 269 Å². The Hall–Kier alpha value is -4.72. The molecule has 2 aromatic heterocycles. The monoisotopic (exact) mass is 691 g/mol. The summed E-state index contributed by atoms with van der Waals surface area (Å²) >= 11 is 2.30. The van der Waals surface area contributed by atoms with E-state index in [0.717, 1.165) is 22.3 Å². The number of pyridine rings is 1. The number of nitrogen functional groups attached to an aromatic ring is 1. The molecule has 0 bridgehead atoms. The summed E-state index contributed by atoms with van der Waals surface area (Å²) < 4.78 is 33.7. The van der Waals surface area contributed by atoms with E-state index in [9.17, 15) is 47.5 Å². The molecule has 0 radical (unpaired) electrons. The number of carbonyl (C=O) groups excluding carboxylic acids is 3. The lowest BCUT2D eigenvalue weighted by Crippen LogP contribution is -2.71. The maximum Gasteiger partial charge on any atom is 0.352 e. The van der Waals surface area contributed by atoms with Crippen LogP contribution in [-0.2, 0) is 31.0 Å². The fourth-order valence-electron chi connectivity index (χ4n) is 4.95. The zero-order chi connectivity index (χ0) is 33.5. The topological polar surface area (TPSA) is 253 Å². The first kappa shape index (κ1) is 32.7. The molecule has 46 heavy (non-hydrogen) atoms. The number of aliphatic carboxylic acids is 1. The van der Waals surface area contributed by atoms with Gasteiger partial charge in [-0.05, 0) is 24.6 Å². The van der Waals surface area contributed by atoms with Crippen LogP contribution in [0.5, 0.6) is 11.5 Å². The molecule has 0 spiro atoms. The van der Waals surface area contributed by atoms with Crippen molar-refractivity contribution in [1.29, 1.82) is 0 Å². The van der Waals surface area contributed by atoms with Crippen LogP contribution in [-0.4, -0.2) is 85.6 Å². The number of thioether (sulfide) groups is 1. The number of fused-ring (bicyclic) bond motifs is 1. The molecule has 2 aliphatic rings. The summed E-state index contributed by atoms with van der Waals surface area (Å²) in [6.07, 6.45) is 3.06. The lowest BCUT2D eigenvalue weighted by Gasteiger charge is -2.49. The minimum Gasteiger partial charge on any atom is -0.504 e. The van der Waals surface area contributed by atoms with E-state index in [2.05, 4.69) is 15.6 Å². The van der Waals surface area contributed by atoms with E-state index in [4.69, 9.17) is 5.73 Å². The van der Waals surface area contributed by atoms with Gasteiger partial charge in [-0.1, -0.05) is 0 Å². The number of nitrogens with two attached hydrogens (primary N) is 1. The highest BCUT2D eigenvalue weighted by atomic mass is 32.2. The van der Waals surface area contributed by atoms with E-state index in [0.29, 0.717) is 11.1 Å². The first-order chi connectivity index (χ1) is 21.7. The van der Waals surface area contributed by atoms with Crippen LogP contribution in [0.25, 0.3) is 11.3 Å². The second kappa shape index (κ2) is 12.6. The van der Waals surface area contributed by atoms with Gasteiger partial charge < -0.3 is 31.7 Å². The molecule has 16 nitrogen and oxygen atoms in total. The number of rotatable bonds is 10. The standard InChI is InChI=1S/C27H26N6O10S3/c1-12(46(41,42)43)13-4-6-32(7-5-13)9-14-10-44-25-20(24(38)33(25)21(14)26(39)40)31-18(35)8-29-23(37)15-2-3-17(34)22(36)19(15)16-11-45-27(28)30-16/h2-7,11-12,20,25H,8-10H2,1H3,(H7-,28,29,30,31,34,35,36,37,39,40,41,42,43)/p+1. The van der Waals surface area contributed by atoms with Crippen LogP contribution in [0.1, 0.15) is 28.1 Å². The van der Waals surface area contributed by atoms with Crippen molar-refractivity contribution in [2.75, 3.05) is 18.0 Å². The molecule has 8 N–H and O–H groups in total. The molecule has 4 heterocycles. The highest BCUT2D eigenvalue weighted by Gasteiger charge is 2.54. The van der Waals surface area contributed by atoms with E-state index in [1.807, 2.05) is 0 Å². The van der Waals surface area contributed by atoms with Crippen molar-refractivity contribution in [2.45, 2.75) is 30.1 Å². The van der Waals surface area contributed by atoms with Crippen LogP contribution >= 0.6 is 23.1 Å². The first-order valence-electron chi connectivity index (χ1n) is 13.4. The number of aromatic hydroxyl groups is 2. The second-order valence-corrected chi connectivity index (χ2v) is 14.0. The molecule has 3 atom stereocenters. The van der Waals surface area contributed by atoms with E-state index in [1.54, 1.807) is 4.57 Å². The van der Waals surface area contributed by atoms with E-state index in [1.165, 1.54) is 54.7 Å². The van der Waals surface area contributed by atoms with Gasteiger partial charge in [0.1, 0.15) is 22.4 Å². The zero-order valence-electron chi connectivity index (χ0n) is 23.8. The van der Waals surface area contributed by atoms with Gasteiger partial charge in [0.2, 0.25) is 5.91 Å². The number of anilines is 1. The van der Waals surface area contributed by atoms with Crippen LogP contribution < -0.4 is 20.9 Å². The molecule has 242 valence electrons. The number of nitrogens with one attached hydrogen (secondary N) is 2. The average molecular weight is 692 g/mol. The Balaban J connectivity index is 1.23. The van der Waals surface area contributed by atoms with Crippen LogP contribution in [0, 0.1) is 0 Å². The number of aromatic nitrogens is 2. The number of hydrogen-bond donors (Lipinski definition) is 7. The molecule has 5 rings (SSSR count). The van der Waals surface area contributed by atoms with Gasteiger partial charge in [0.15, 0.2) is 35.6 Å². The number of amides is 3. The third-order valence-electron chi connectivity index (χ3n) is 7.36. The smallest absolute Gasteiger partial charge is 0.352 e. The van der Waals surface area contributed by atoms with Gasteiger partial charge in [-0.3, -0.25) is 23.8 Å². The number of hydrogen-bond acceptors (Lipinski definition) is 12. The van der Waals surface area contributed by atoms with Crippen molar-refractivity contribution in [2.24, 2.45) is 0 Å². The zero-order valence-corrected chi connectivity index (χ0v) is 26.2. The third-order valence-corrected chi connectivity index (χ3v) is 10.5. The quantitative estimate of drug-likeness (QED) is 0.0651. The largest absolute Gasteiger partial charge is 0.504 e. The van der Waals surface area contributed by atoms with Crippen molar-refractivity contribution in [1.82, 2.24) is 20.5 Å². The molecular weight excluding hydrogens is 665 g/mol. The summed E-state index contributed by atoms with van der Waals surface area (Å²) in [5.74, 6) is -4.37. The summed E-state index contributed by atoms with van der Waals surface area (Å²) in [5, 5.41) is 35.0. The Morgan fingerprint density at radius 3 is 2.50 bits per heavy atom. The maximum absolute atomic E-state index is 13.0. The van der Waals surface area contributed by atoms with Gasteiger partial charge in [0.05, 0.1) is 23.4 Å². The number of thiazole rings is 1. The maximum atomic E-state index is 13.0. The van der Waals surface area contributed by atoms with E-state index in [-0.39, 0.29) is 39.9 Å². The summed E-state index contributed by atoms with van der Waals surface area (Å²) in [7, 11) is -4.29. The molecule has 0 saturated carbocycles. The highest BCUT2D eigenvalue weighted by molar-refractivity contribution is 8.00. The van der Waals surface area contributed by atoms with E-state index < -0.39 is 68.5 Å². The Morgan fingerprint density at radius 1 is 1.20 bits per heavy atom. The SMILES string of the molecule is CC(c1cc[n+](CC2=C(C(=O)O)N3C(=O)C(NC(=O)CNC(=O)c4ccc(O)c(O)c4-c4csc(N)n4)C3SC2)cc1)S(=O)(=O)O. The molecule has 3 amide bonds. The number of carboxylic acids is 1. The fraction of sp³-hybridized carbons (Fsp3) is 0.259. The summed E-state index contributed by atoms with van der Waals surface area (Å²) in [5.41, 5.74) is 6.15. The molecule has 1 saturated heterocycles. The summed E-state index contributed by atoms with van der Waals surface area (Å²) in [6.45, 7) is 0.849. The first-order valence-corrected chi connectivity index (χ1v) is 16.8. The Bertz CT molecular complexity index is 1890. The number of carbonyl (C=O) groups is 4. The molecule has 19 heteroatoms. The van der Waals surface area contributed by atoms with Crippen molar-refractivity contribution >= 4 is 62.0 Å². The number of phenolic OH excluding ortho intramolecular Hbond substituents is 2. The van der Waals surface area contributed by atoms with Gasteiger partial charge in [0.25, 0.3) is 21.9 Å². The Kier molecular flexibility index (Phi) is 8.94. The van der Waals surface area contributed by atoms with Crippen molar-refractivity contribution < 1.29 is 52.0 Å². The lowest BCUT2D eigenvalue weighted by molar-refractivity contribution is -0.689. The lowest BCUT2D eigenvalue weighted by atomic mass is 10.0. The molecule has 3 unspecified atom stereocenters. The van der Waals surface area contributed by atoms with Gasteiger partial charge in [-0.25, -0.2) is 14.3 Å². The van der Waals surface area contributed by atoms with Crippen molar-refractivity contribution in [3.63, 3.8) is 0 Å². The van der Waals surface area contributed by atoms with Gasteiger partial charge in [-0.15, -0.1) is 23.1 Å². The average Bonchev–Trinajstić information content (AvgIpc) is 3.44. The van der Waals surface area contributed by atoms with E-state index >= 15 is 0 Å². The molecular formula is C27H27N6O10S3+. The van der Waals surface area contributed by atoms with Crippen LogP contribution in [0.3, 0.4) is 0 Å². The van der Waals surface area contributed by atoms with Gasteiger partial charge in [0, 0.05) is 28.8 Å². The minimum atomic E-state index is -4.29. The third kappa shape index (κ3) is 6.34.